The first-order chi connectivity index (χ1) is 7.02. The van der Waals surface area contributed by atoms with Crippen LogP contribution in [0.15, 0.2) is 22.6 Å². The summed E-state index contributed by atoms with van der Waals surface area (Å²) in [6.07, 6.45) is 0.803. The smallest absolute Gasteiger partial charge is 0.200 e. The lowest BCUT2D eigenvalue weighted by atomic mass is 9.97. The van der Waals surface area contributed by atoms with Gasteiger partial charge < -0.3 is 4.42 Å². The van der Waals surface area contributed by atoms with Gasteiger partial charge >= 0.3 is 0 Å². The average Bonchev–Trinajstić information content (AvgIpc) is 2.59. The third kappa shape index (κ3) is 1.65. The second-order valence-electron chi connectivity index (χ2n) is 4.58. The molecule has 0 N–H and O–H groups in total. The molecule has 0 saturated heterocycles. The molecule has 0 unspecified atom stereocenters. The fraction of sp³-hybridized carbons (Fsp3) is 0.333. The molecule has 0 amide bonds. The second-order valence-corrected chi connectivity index (χ2v) is 4.58. The van der Waals surface area contributed by atoms with E-state index in [4.69, 9.17) is 4.42 Å². The molecule has 1 heterocycles. The van der Waals surface area contributed by atoms with Crippen LogP contribution in [-0.2, 0) is 5.41 Å². The van der Waals surface area contributed by atoms with Crippen LogP contribution in [0, 0.1) is 0 Å². The van der Waals surface area contributed by atoms with Crippen molar-refractivity contribution in [3.63, 3.8) is 0 Å². The van der Waals surface area contributed by atoms with Crippen LogP contribution in [-0.4, -0.2) is 11.3 Å². The largest absolute Gasteiger partial charge is 0.440 e. The summed E-state index contributed by atoms with van der Waals surface area (Å²) in [7, 11) is 0. The maximum absolute atomic E-state index is 10.8. The number of oxazole rings is 1. The summed E-state index contributed by atoms with van der Waals surface area (Å²) in [6.45, 7) is 6.08. The monoisotopic (exact) mass is 203 g/mol. The van der Waals surface area contributed by atoms with Crippen LogP contribution >= 0.6 is 0 Å². The number of hydrogen-bond donors (Lipinski definition) is 0. The van der Waals surface area contributed by atoms with Crippen LogP contribution in [0.1, 0.15) is 37.0 Å². The SMILES string of the molecule is CC(C)(C)c1nc2c(C=O)cccc2o1. The van der Waals surface area contributed by atoms with E-state index in [1.165, 1.54) is 0 Å². The molecule has 3 nitrogen and oxygen atoms in total. The molecule has 0 aliphatic heterocycles. The van der Waals surface area contributed by atoms with Crippen molar-refractivity contribution in [2.45, 2.75) is 26.2 Å². The lowest BCUT2D eigenvalue weighted by Gasteiger charge is -2.11. The number of para-hydroxylation sites is 1. The molecule has 2 aromatic rings. The Morgan fingerprint density at radius 3 is 2.67 bits per heavy atom. The summed E-state index contributed by atoms with van der Waals surface area (Å²) in [5.41, 5.74) is 1.76. The van der Waals surface area contributed by atoms with Gasteiger partial charge in [-0.3, -0.25) is 4.79 Å². The minimum absolute atomic E-state index is 0.140. The normalized spacial score (nSPS) is 11.9. The molecule has 0 atom stereocenters. The van der Waals surface area contributed by atoms with Crippen molar-refractivity contribution in [1.82, 2.24) is 4.98 Å². The molecule has 0 spiro atoms. The van der Waals surface area contributed by atoms with Gasteiger partial charge in [-0.05, 0) is 12.1 Å². The average molecular weight is 203 g/mol. The zero-order valence-electron chi connectivity index (χ0n) is 9.07. The molecule has 2 rings (SSSR count). The van der Waals surface area contributed by atoms with Crippen LogP contribution in [0.2, 0.25) is 0 Å². The summed E-state index contributed by atoms with van der Waals surface area (Å²) in [5.74, 6) is 0.659. The van der Waals surface area contributed by atoms with E-state index in [-0.39, 0.29) is 5.41 Å². The van der Waals surface area contributed by atoms with Crippen molar-refractivity contribution in [3.8, 4) is 0 Å². The summed E-state index contributed by atoms with van der Waals surface area (Å²) < 4.78 is 5.60. The first kappa shape index (κ1) is 9.90. The van der Waals surface area contributed by atoms with Crippen molar-refractivity contribution in [3.05, 3.63) is 29.7 Å². The van der Waals surface area contributed by atoms with Crippen molar-refractivity contribution < 1.29 is 9.21 Å². The molecule has 1 aromatic carbocycles. The first-order valence-electron chi connectivity index (χ1n) is 4.87. The Morgan fingerprint density at radius 2 is 2.07 bits per heavy atom. The topological polar surface area (TPSA) is 43.1 Å². The predicted molar refractivity (Wildman–Crippen MR) is 58.1 cm³/mol. The van der Waals surface area contributed by atoms with Gasteiger partial charge in [-0.2, -0.15) is 0 Å². The summed E-state index contributed by atoms with van der Waals surface area (Å²) in [6, 6.07) is 5.36. The van der Waals surface area contributed by atoms with E-state index in [0.717, 1.165) is 6.29 Å². The number of aldehydes is 1. The summed E-state index contributed by atoms with van der Waals surface area (Å²) in [4.78, 5) is 15.2. The van der Waals surface area contributed by atoms with Gasteiger partial charge in [0.05, 0.1) is 0 Å². The zero-order chi connectivity index (χ0) is 11.1. The van der Waals surface area contributed by atoms with E-state index in [0.29, 0.717) is 22.6 Å². The van der Waals surface area contributed by atoms with Gasteiger partial charge in [0.1, 0.15) is 5.52 Å². The Kier molecular flexibility index (Phi) is 2.11. The molecule has 0 radical (unpaired) electrons. The highest BCUT2D eigenvalue weighted by atomic mass is 16.3. The van der Waals surface area contributed by atoms with Crippen LogP contribution in [0.5, 0.6) is 0 Å². The summed E-state index contributed by atoms with van der Waals surface area (Å²) in [5, 5.41) is 0. The van der Waals surface area contributed by atoms with Gasteiger partial charge in [0, 0.05) is 11.0 Å². The fourth-order valence-electron chi connectivity index (χ4n) is 1.39. The molecular weight excluding hydrogens is 190 g/mol. The van der Waals surface area contributed by atoms with E-state index in [2.05, 4.69) is 4.98 Å². The van der Waals surface area contributed by atoms with E-state index < -0.39 is 0 Å². The number of benzene rings is 1. The van der Waals surface area contributed by atoms with Gasteiger partial charge in [-0.25, -0.2) is 4.98 Å². The van der Waals surface area contributed by atoms with Crippen molar-refractivity contribution in [1.29, 1.82) is 0 Å². The molecular formula is C12H13NO2. The molecule has 0 saturated carbocycles. The quantitative estimate of drug-likeness (QED) is 0.669. The van der Waals surface area contributed by atoms with Gasteiger partial charge in [0.2, 0.25) is 5.89 Å². The molecule has 1 aromatic heterocycles. The Hall–Kier alpha value is -1.64. The van der Waals surface area contributed by atoms with E-state index in [1.54, 1.807) is 12.1 Å². The highest BCUT2D eigenvalue weighted by Crippen LogP contribution is 2.26. The number of aromatic nitrogens is 1. The standard InChI is InChI=1S/C12H13NO2/c1-12(2,3)11-13-10-8(7-14)5-4-6-9(10)15-11/h4-7H,1-3H3. The highest BCUT2D eigenvalue weighted by Gasteiger charge is 2.21. The van der Waals surface area contributed by atoms with Crippen LogP contribution in [0.25, 0.3) is 11.1 Å². The maximum atomic E-state index is 10.8. The third-order valence-corrected chi connectivity index (χ3v) is 2.22. The minimum Gasteiger partial charge on any atom is -0.440 e. The third-order valence-electron chi connectivity index (χ3n) is 2.22. The van der Waals surface area contributed by atoms with Crippen LogP contribution < -0.4 is 0 Å². The van der Waals surface area contributed by atoms with Crippen molar-refractivity contribution in [2.24, 2.45) is 0 Å². The number of fused-ring (bicyclic) bond motifs is 1. The van der Waals surface area contributed by atoms with Gasteiger partial charge in [0.15, 0.2) is 11.9 Å². The van der Waals surface area contributed by atoms with Gasteiger partial charge in [0.25, 0.3) is 0 Å². The van der Waals surface area contributed by atoms with Crippen LogP contribution in [0.3, 0.4) is 0 Å². The molecule has 0 aliphatic carbocycles. The Balaban J connectivity index is 2.70. The number of hydrogen-bond acceptors (Lipinski definition) is 3. The first-order valence-corrected chi connectivity index (χ1v) is 4.87. The second kappa shape index (κ2) is 3.19. The Labute approximate surface area is 88.1 Å². The lowest BCUT2D eigenvalue weighted by molar-refractivity contribution is 0.112. The Bertz CT molecular complexity index is 506. The molecule has 78 valence electrons. The molecule has 15 heavy (non-hydrogen) atoms. The number of carbonyl (C=O) groups is 1. The van der Waals surface area contributed by atoms with E-state index in [1.807, 2.05) is 26.8 Å². The van der Waals surface area contributed by atoms with Crippen molar-refractivity contribution >= 4 is 17.4 Å². The van der Waals surface area contributed by atoms with Crippen molar-refractivity contribution in [2.75, 3.05) is 0 Å². The molecule has 0 bridgehead atoms. The Morgan fingerprint density at radius 1 is 1.33 bits per heavy atom. The molecule has 3 heteroatoms. The number of rotatable bonds is 1. The van der Waals surface area contributed by atoms with Gasteiger partial charge in [-0.15, -0.1) is 0 Å². The van der Waals surface area contributed by atoms with E-state index in [9.17, 15) is 4.79 Å². The van der Waals surface area contributed by atoms with E-state index >= 15 is 0 Å². The number of carbonyl (C=O) groups excluding carboxylic acids is 1. The number of nitrogens with zero attached hydrogens (tertiary/aromatic N) is 1. The molecule has 0 aliphatic rings. The minimum atomic E-state index is -0.140. The van der Waals surface area contributed by atoms with Crippen LogP contribution in [0.4, 0.5) is 0 Å². The fourth-order valence-corrected chi connectivity index (χ4v) is 1.39. The maximum Gasteiger partial charge on any atom is 0.200 e. The molecule has 0 fully saturated rings. The highest BCUT2D eigenvalue weighted by molar-refractivity contribution is 5.93. The van der Waals surface area contributed by atoms with Gasteiger partial charge in [-0.1, -0.05) is 26.8 Å². The zero-order valence-corrected chi connectivity index (χ0v) is 9.07. The predicted octanol–water partition coefficient (Wildman–Crippen LogP) is 2.94. The lowest BCUT2D eigenvalue weighted by Crippen LogP contribution is -2.11. The summed E-state index contributed by atoms with van der Waals surface area (Å²) >= 11 is 0.